The van der Waals surface area contributed by atoms with Crippen LogP contribution in [0, 0.1) is 24.2 Å². The minimum atomic E-state index is 0.591. The van der Waals surface area contributed by atoms with Gasteiger partial charge in [0.2, 0.25) is 0 Å². The summed E-state index contributed by atoms with van der Waals surface area (Å²) in [6, 6.07) is 0. The van der Waals surface area contributed by atoms with Crippen molar-refractivity contribution in [3.63, 3.8) is 0 Å². The number of hydrogen-bond donors (Lipinski definition) is 0. The van der Waals surface area contributed by atoms with Crippen molar-refractivity contribution in [3.05, 3.63) is 0 Å². The summed E-state index contributed by atoms with van der Waals surface area (Å²) in [6.07, 6.45) is 10.6. The van der Waals surface area contributed by atoms with Gasteiger partial charge < -0.3 is 0 Å². The van der Waals surface area contributed by atoms with Gasteiger partial charge in [0.05, 0.1) is 0 Å². The summed E-state index contributed by atoms with van der Waals surface area (Å²) in [6.45, 7) is 2.30. The molecule has 50 valence electrons. The van der Waals surface area contributed by atoms with Crippen molar-refractivity contribution in [1.82, 2.24) is 0 Å². The predicted octanol–water partition coefficient (Wildman–Crippen LogP) is 2.45. The van der Waals surface area contributed by atoms with Crippen molar-refractivity contribution < 1.29 is 0 Å². The minimum absolute atomic E-state index is 0.591. The summed E-state index contributed by atoms with van der Waals surface area (Å²) in [5, 5.41) is 0. The number of terminal acetylenes is 1. The Kier molecular flexibility index (Phi) is 2.16. The zero-order chi connectivity index (χ0) is 6.69. The first kappa shape index (κ1) is 6.68. The smallest absolute Gasteiger partial charge is 0.0202 e. The van der Waals surface area contributed by atoms with Crippen LogP contribution in [-0.2, 0) is 0 Å². The van der Waals surface area contributed by atoms with Crippen molar-refractivity contribution in [3.8, 4) is 12.3 Å². The molecule has 2 atom stereocenters. The van der Waals surface area contributed by atoms with E-state index in [4.69, 9.17) is 6.42 Å². The molecule has 0 nitrogen and oxygen atoms in total. The van der Waals surface area contributed by atoms with E-state index in [1.807, 2.05) is 0 Å². The van der Waals surface area contributed by atoms with Gasteiger partial charge in [0.15, 0.2) is 0 Å². The van der Waals surface area contributed by atoms with E-state index in [1.165, 1.54) is 25.7 Å². The summed E-state index contributed by atoms with van der Waals surface area (Å²) in [4.78, 5) is 0. The summed E-state index contributed by atoms with van der Waals surface area (Å²) >= 11 is 0. The van der Waals surface area contributed by atoms with E-state index in [9.17, 15) is 0 Å². The molecule has 1 aliphatic carbocycles. The Balaban J connectivity index is 2.34. The molecule has 9 heavy (non-hydrogen) atoms. The van der Waals surface area contributed by atoms with E-state index < -0.39 is 0 Å². The lowest BCUT2D eigenvalue weighted by molar-refractivity contribution is 0.333. The lowest BCUT2D eigenvalue weighted by Crippen LogP contribution is -2.10. The van der Waals surface area contributed by atoms with E-state index in [0.717, 1.165) is 5.92 Å². The summed E-state index contributed by atoms with van der Waals surface area (Å²) in [7, 11) is 0. The minimum Gasteiger partial charge on any atom is -0.120 e. The van der Waals surface area contributed by atoms with E-state index in [0.29, 0.717) is 5.92 Å². The monoisotopic (exact) mass is 122 g/mol. The average Bonchev–Trinajstić information content (AvgIpc) is 1.88. The Morgan fingerprint density at radius 1 is 1.44 bits per heavy atom. The fraction of sp³-hybridized carbons (Fsp3) is 0.778. The molecule has 0 bridgehead atoms. The van der Waals surface area contributed by atoms with Crippen molar-refractivity contribution in [1.29, 1.82) is 0 Å². The first-order chi connectivity index (χ1) is 4.33. The maximum absolute atomic E-state index is 5.32. The highest BCUT2D eigenvalue weighted by molar-refractivity contribution is 4.94. The Bertz CT molecular complexity index is 118. The SMILES string of the molecule is C#C[C@@H]1CCCC(C)C1. The molecule has 0 aliphatic heterocycles. The zero-order valence-corrected chi connectivity index (χ0v) is 6.06. The van der Waals surface area contributed by atoms with Crippen LogP contribution in [0.1, 0.15) is 32.6 Å². The van der Waals surface area contributed by atoms with Crippen LogP contribution in [0.15, 0.2) is 0 Å². The quantitative estimate of drug-likeness (QED) is 0.433. The van der Waals surface area contributed by atoms with Crippen LogP contribution in [0.5, 0.6) is 0 Å². The molecule has 0 aromatic carbocycles. The molecular formula is C9H14. The predicted molar refractivity (Wildman–Crippen MR) is 40.0 cm³/mol. The highest BCUT2D eigenvalue weighted by Gasteiger charge is 2.15. The van der Waals surface area contributed by atoms with Gasteiger partial charge in [-0.2, -0.15) is 0 Å². The maximum Gasteiger partial charge on any atom is 0.0202 e. The lowest BCUT2D eigenvalue weighted by Gasteiger charge is -2.22. The van der Waals surface area contributed by atoms with Crippen LogP contribution in [-0.4, -0.2) is 0 Å². The fourth-order valence-corrected chi connectivity index (χ4v) is 1.59. The standard InChI is InChI=1S/C9H14/c1-3-9-6-4-5-8(2)7-9/h1,8-9H,4-7H2,2H3/t8?,9-/m1/s1. The van der Waals surface area contributed by atoms with Crippen molar-refractivity contribution in [2.24, 2.45) is 11.8 Å². The van der Waals surface area contributed by atoms with Crippen LogP contribution in [0.3, 0.4) is 0 Å². The van der Waals surface area contributed by atoms with Crippen LogP contribution in [0.25, 0.3) is 0 Å². The number of rotatable bonds is 0. The maximum atomic E-state index is 5.32. The van der Waals surface area contributed by atoms with Gasteiger partial charge >= 0.3 is 0 Å². The van der Waals surface area contributed by atoms with E-state index in [2.05, 4.69) is 12.8 Å². The molecule has 1 rings (SSSR count). The first-order valence-electron chi connectivity index (χ1n) is 3.79. The van der Waals surface area contributed by atoms with Crippen LogP contribution in [0.2, 0.25) is 0 Å². The van der Waals surface area contributed by atoms with Gasteiger partial charge in [-0.25, -0.2) is 0 Å². The largest absolute Gasteiger partial charge is 0.120 e. The molecule has 1 saturated carbocycles. The molecular weight excluding hydrogens is 108 g/mol. The van der Waals surface area contributed by atoms with E-state index in [1.54, 1.807) is 0 Å². The Morgan fingerprint density at radius 3 is 2.67 bits per heavy atom. The third-order valence-corrected chi connectivity index (χ3v) is 2.17. The van der Waals surface area contributed by atoms with Gasteiger partial charge in [0.25, 0.3) is 0 Å². The van der Waals surface area contributed by atoms with Gasteiger partial charge in [-0.1, -0.05) is 19.8 Å². The van der Waals surface area contributed by atoms with Crippen LogP contribution in [0.4, 0.5) is 0 Å². The molecule has 0 heteroatoms. The molecule has 0 radical (unpaired) electrons. The molecule has 0 aromatic rings. The van der Waals surface area contributed by atoms with Crippen molar-refractivity contribution in [2.75, 3.05) is 0 Å². The Labute approximate surface area is 57.7 Å². The summed E-state index contributed by atoms with van der Waals surface area (Å²) < 4.78 is 0. The average molecular weight is 122 g/mol. The molecule has 1 fully saturated rings. The first-order valence-corrected chi connectivity index (χ1v) is 3.79. The third-order valence-electron chi connectivity index (χ3n) is 2.17. The van der Waals surface area contributed by atoms with Gasteiger partial charge in [-0.15, -0.1) is 12.3 Å². The molecule has 0 spiro atoms. The number of hydrogen-bond acceptors (Lipinski definition) is 0. The van der Waals surface area contributed by atoms with Gasteiger partial charge in [-0.3, -0.25) is 0 Å². The normalized spacial score (nSPS) is 35.6. The molecule has 1 unspecified atom stereocenters. The molecule has 0 heterocycles. The molecule has 0 aromatic heterocycles. The third kappa shape index (κ3) is 1.75. The molecule has 0 saturated heterocycles. The zero-order valence-electron chi connectivity index (χ0n) is 6.06. The second kappa shape index (κ2) is 2.92. The van der Waals surface area contributed by atoms with Gasteiger partial charge in [0, 0.05) is 5.92 Å². The second-order valence-corrected chi connectivity index (χ2v) is 3.14. The summed E-state index contributed by atoms with van der Waals surface area (Å²) in [5.74, 6) is 4.30. The molecule has 0 N–H and O–H groups in total. The highest BCUT2D eigenvalue weighted by atomic mass is 14.2. The molecule has 1 aliphatic rings. The van der Waals surface area contributed by atoms with Crippen LogP contribution >= 0.6 is 0 Å². The fourth-order valence-electron chi connectivity index (χ4n) is 1.59. The van der Waals surface area contributed by atoms with Gasteiger partial charge in [-0.05, 0) is 18.8 Å². The Hall–Kier alpha value is -0.440. The van der Waals surface area contributed by atoms with Gasteiger partial charge in [0.1, 0.15) is 0 Å². The Morgan fingerprint density at radius 2 is 2.22 bits per heavy atom. The van der Waals surface area contributed by atoms with Crippen molar-refractivity contribution >= 4 is 0 Å². The summed E-state index contributed by atoms with van der Waals surface area (Å²) in [5.41, 5.74) is 0. The molecule has 0 amide bonds. The van der Waals surface area contributed by atoms with Crippen molar-refractivity contribution in [2.45, 2.75) is 32.6 Å². The lowest BCUT2D eigenvalue weighted by atomic mass is 9.83. The highest BCUT2D eigenvalue weighted by Crippen LogP contribution is 2.27. The van der Waals surface area contributed by atoms with E-state index >= 15 is 0 Å². The topological polar surface area (TPSA) is 0 Å². The van der Waals surface area contributed by atoms with E-state index in [-0.39, 0.29) is 0 Å². The van der Waals surface area contributed by atoms with Crippen LogP contribution < -0.4 is 0 Å². The second-order valence-electron chi connectivity index (χ2n) is 3.14.